The van der Waals surface area contributed by atoms with Gasteiger partial charge in [0.2, 0.25) is 0 Å². The lowest BCUT2D eigenvalue weighted by Gasteiger charge is -2.19. The van der Waals surface area contributed by atoms with Crippen molar-refractivity contribution in [1.29, 1.82) is 0 Å². The van der Waals surface area contributed by atoms with E-state index in [-0.39, 0.29) is 5.41 Å². The first kappa shape index (κ1) is 65.8. The number of aryl methyl sites for hydroxylation is 9. The molecule has 74 heavy (non-hydrogen) atoms. The van der Waals surface area contributed by atoms with Gasteiger partial charge in [-0.3, -0.25) is 0 Å². The molecule has 0 bridgehead atoms. The van der Waals surface area contributed by atoms with E-state index in [1.54, 1.807) is 31.3 Å². The maximum absolute atomic E-state index is 5.47. The van der Waals surface area contributed by atoms with E-state index in [1.165, 1.54) is 99.3 Å². The summed E-state index contributed by atoms with van der Waals surface area (Å²) in [5, 5.41) is 6.11. The summed E-state index contributed by atoms with van der Waals surface area (Å²) in [6, 6.07) is 25.5. The molecule has 5 heteroatoms. The van der Waals surface area contributed by atoms with Gasteiger partial charge in [-0.15, -0.1) is 0 Å². The summed E-state index contributed by atoms with van der Waals surface area (Å²) >= 11 is 0. The van der Waals surface area contributed by atoms with Crippen molar-refractivity contribution in [3.63, 3.8) is 0 Å². The average molecular weight is 1010 g/mol. The zero-order chi connectivity index (χ0) is 56.6. The number of benzene rings is 5. The Morgan fingerprint density at radius 2 is 0.757 bits per heavy atom. The number of rotatable bonds is 2. The maximum atomic E-state index is 5.47. The van der Waals surface area contributed by atoms with Gasteiger partial charge in [-0.05, 0) is 208 Å². The van der Waals surface area contributed by atoms with Crippen molar-refractivity contribution in [2.45, 2.75) is 198 Å². The lowest BCUT2D eigenvalue weighted by Crippen LogP contribution is -2.10. The minimum absolute atomic E-state index is 0.205. The molecule has 0 saturated heterocycles. The Morgan fingerprint density at radius 3 is 1.23 bits per heavy atom. The van der Waals surface area contributed by atoms with Gasteiger partial charge < -0.3 is 22.1 Å². The fourth-order valence-corrected chi connectivity index (χ4v) is 8.29. The second-order valence-electron chi connectivity index (χ2n) is 18.8. The van der Waals surface area contributed by atoms with E-state index in [0.29, 0.717) is 5.92 Å². The smallest absolute Gasteiger partial charge is 0.137 e. The first-order valence-electron chi connectivity index (χ1n) is 27.6. The molecule has 0 fully saturated rings. The van der Waals surface area contributed by atoms with Gasteiger partial charge in [-0.2, -0.15) is 0 Å². The highest BCUT2D eigenvalue weighted by molar-refractivity contribution is 5.87. The van der Waals surface area contributed by atoms with Crippen molar-refractivity contribution >= 4 is 54.8 Å². The average Bonchev–Trinajstić information content (AvgIpc) is 4.28. The first-order valence-corrected chi connectivity index (χ1v) is 27.6. The van der Waals surface area contributed by atoms with Crippen LogP contribution in [-0.4, -0.2) is 0 Å². The quantitative estimate of drug-likeness (QED) is 0.173. The topological polar surface area (TPSA) is 65.7 Å². The van der Waals surface area contributed by atoms with Gasteiger partial charge in [-0.25, -0.2) is 0 Å². The Bertz CT molecular complexity index is 3120. The fraction of sp³-hybridized carbons (Fsp3) is 0.420. The van der Waals surface area contributed by atoms with Crippen molar-refractivity contribution in [2.24, 2.45) is 0 Å². The van der Waals surface area contributed by atoms with Crippen molar-refractivity contribution in [3.8, 4) is 0 Å². The van der Waals surface area contributed by atoms with Gasteiger partial charge in [0.15, 0.2) is 0 Å². The predicted octanol–water partition coefficient (Wildman–Crippen LogP) is 23.4. The van der Waals surface area contributed by atoms with Crippen LogP contribution in [0.15, 0.2) is 126 Å². The normalized spacial score (nSPS) is 10.2. The lowest BCUT2D eigenvalue weighted by atomic mass is 9.85. The molecule has 10 aromatic rings. The van der Waals surface area contributed by atoms with Gasteiger partial charge in [0, 0.05) is 26.9 Å². The molecule has 0 aliphatic heterocycles. The summed E-state index contributed by atoms with van der Waals surface area (Å²) in [5.41, 5.74) is 22.3. The first-order chi connectivity index (χ1) is 35.3. The lowest BCUT2D eigenvalue weighted by molar-refractivity contribution is 0.588. The Balaban J connectivity index is 0.000000443. The molecule has 0 spiro atoms. The van der Waals surface area contributed by atoms with Crippen LogP contribution in [0.5, 0.6) is 0 Å². The van der Waals surface area contributed by atoms with Crippen LogP contribution in [0.2, 0.25) is 0 Å². The van der Waals surface area contributed by atoms with E-state index >= 15 is 0 Å². The third-order valence-electron chi connectivity index (χ3n) is 12.8. The molecule has 0 aliphatic rings. The van der Waals surface area contributed by atoms with Crippen LogP contribution >= 0.6 is 0 Å². The highest BCUT2D eigenvalue weighted by atomic mass is 16.3. The molecule has 5 aromatic heterocycles. The molecule has 0 aliphatic carbocycles. The van der Waals surface area contributed by atoms with Gasteiger partial charge in [0.05, 0.1) is 31.3 Å². The van der Waals surface area contributed by atoms with E-state index in [1.807, 2.05) is 99.6 Å². The molecule has 0 saturated carbocycles. The Morgan fingerprint density at radius 1 is 0.365 bits per heavy atom. The van der Waals surface area contributed by atoms with Gasteiger partial charge >= 0.3 is 0 Å². The molecule has 5 nitrogen and oxygen atoms in total. The monoisotopic (exact) mass is 1010 g/mol. The Hall–Kier alpha value is -6.20. The molecule has 0 amide bonds. The van der Waals surface area contributed by atoms with Crippen LogP contribution in [0.3, 0.4) is 0 Å². The van der Waals surface area contributed by atoms with Crippen LogP contribution in [0.4, 0.5) is 0 Å². The standard InChI is InChI=1S/C13H16O.2C12H14O.2C11H12O.5C2H6/c1-9-7-11(13(2,3)4)8-10-5-6-14-12(9)10;1-7-8(2)10(4)12-11(9(7)3)5-6-13-12;1-8(2)11-6-9(3)12-10(7-11)4-5-13-12;1-7-6-8(2)10-4-5-12-11(10)9(7)3;1-3-9-6-8(2)11-10(7-9)4-5-12-11;5*1-2/h5-8H,1-4H3;5-6H,1-4H3;4-8H,1-3H3;4-6H,1-3H3;4-7H,3H2,1-2H3;5*1-2H3. The van der Waals surface area contributed by atoms with E-state index < -0.39 is 0 Å². The second kappa shape index (κ2) is 32.2. The van der Waals surface area contributed by atoms with E-state index in [4.69, 9.17) is 22.1 Å². The molecule has 5 heterocycles. The van der Waals surface area contributed by atoms with E-state index in [0.717, 1.165) is 34.3 Å². The predicted molar refractivity (Wildman–Crippen MR) is 327 cm³/mol. The molecule has 0 radical (unpaired) electrons. The van der Waals surface area contributed by atoms with Crippen molar-refractivity contribution in [3.05, 3.63) is 176 Å². The molecular weight excluding hydrogens is 909 g/mol. The molecule has 0 N–H and O–H groups in total. The van der Waals surface area contributed by atoms with Crippen molar-refractivity contribution in [2.75, 3.05) is 0 Å². The number of hydrogen-bond donors (Lipinski definition) is 0. The van der Waals surface area contributed by atoms with E-state index in [2.05, 4.69) is 153 Å². The summed E-state index contributed by atoms with van der Waals surface area (Å²) in [6.45, 7) is 54.5. The Labute approximate surface area is 449 Å². The molecular formula is C69H98O5. The molecule has 0 atom stereocenters. The van der Waals surface area contributed by atoms with Crippen LogP contribution in [-0.2, 0) is 11.8 Å². The van der Waals surface area contributed by atoms with Crippen LogP contribution < -0.4 is 0 Å². The van der Waals surface area contributed by atoms with Gasteiger partial charge in [0.1, 0.15) is 27.9 Å². The number of furan rings is 5. The largest absolute Gasteiger partial charge is 0.464 e. The van der Waals surface area contributed by atoms with Crippen LogP contribution in [0, 0.1) is 69.2 Å². The van der Waals surface area contributed by atoms with Crippen LogP contribution in [0.25, 0.3) is 54.8 Å². The third kappa shape index (κ3) is 16.9. The molecule has 404 valence electrons. The summed E-state index contributed by atoms with van der Waals surface area (Å²) in [5.74, 6) is 0.581. The summed E-state index contributed by atoms with van der Waals surface area (Å²) in [4.78, 5) is 0. The minimum Gasteiger partial charge on any atom is -0.464 e. The minimum atomic E-state index is 0.205. The highest BCUT2D eigenvalue weighted by Gasteiger charge is 2.16. The zero-order valence-electron chi connectivity index (χ0n) is 51.1. The Kier molecular flexibility index (Phi) is 28.6. The second-order valence-corrected chi connectivity index (χ2v) is 18.8. The SMILES string of the molecule is CC.CC.CC.CC.CC.CCc1cc(C)c2occc2c1.Cc1c(C)c(C)c2occc2c1C.Cc1cc(C(C)(C)C)cc2ccoc12.Cc1cc(C(C)C)cc2ccoc12.Cc1cc(C)c2ccoc2c1C. The van der Waals surface area contributed by atoms with Crippen molar-refractivity contribution in [1.82, 2.24) is 0 Å². The number of fused-ring (bicyclic) bond motifs is 5. The fourth-order valence-electron chi connectivity index (χ4n) is 8.29. The van der Waals surface area contributed by atoms with E-state index in [9.17, 15) is 0 Å². The maximum Gasteiger partial charge on any atom is 0.137 e. The van der Waals surface area contributed by atoms with Crippen LogP contribution in [0.1, 0.15) is 189 Å². The molecule has 10 rings (SSSR count). The molecule has 0 unspecified atom stereocenters. The number of hydrogen-bond acceptors (Lipinski definition) is 5. The van der Waals surface area contributed by atoms with Gasteiger partial charge in [0.25, 0.3) is 0 Å². The zero-order valence-corrected chi connectivity index (χ0v) is 51.1. The summed E-state index contributed by atoms with van der Waals surface area (Å²) in [7, 11) is 0. The summed E-state index contributed by atoms with van der Waals surface area (Å²) in [6.07, 6.45) is 9.86. The molecule has 5 aromatic carbocycles. The third-order valence-corrected chi connectivity index (χ3v) is 12.8. The summed E-state index contributed by atoms with van der Waals surface area (Å²) < 4.78 is 27.0. The van der Waals surface area contributed by atoms with Gasteiger partial charge in [-0.1, -0.05) is 135 Å². The highest BCUT2D eigenvalue weighted by Crippen LogP contribution is 2.31. The van der Waals surface area contributed by atoms with Crippen molar-refractivity contribution < 1.29 is 22.1 Å².